The molecule has 32 heavy (non-hydrogen) atoms. The number of nitrogens with one attached hydrogen (secondary N) is 2. The molecule has 0 aliphatic rings. The van der Waals surface area contributed by atoms with Crippen LogP contribution < -0.4 is 14.8 Å². The molecular formula is C23H22ClFN2O4S. The molecule has 0 aliphatic heterocycles. The van der Waals surface area contributed by atoms with Crippen LogP contribution in [0.4, 0.5) is 10.1 Å². The molecule has 0 aliphatic carbocycles. The highest BCUT2D eigenvalue weighted by molar-refractivity contribution is 7.92. The minimum absolute atomic E-state index is 0.0379. The van der Waals surface area contributed by atoms with Crippen LogP contribution in [0.25, 0.3) is 0 Å². The fraction of sp³-hybridized carbons (Fsp3) is 0.174. The van der Waals surface area contributed by atoms with Gasteiger partial charge < -0.3 is 10.1 Å². The number of halogens is 2. The van der Waals surface area contributed by atoms with Gasteiger partial charge in [0.1, 0.15) is 11.6 Å². The zero-order chi connectivity index (χ0) is 23.3. The third-order valence-corrected chi connectivity index (χ3v) is 6.48. The highest BCUT2D eigenvalue weighted by atomic mass is 35.5. The standard InChI is InChI=1S/C23H22ClFN2O4S/c1-15-3-8-19(13-22(15)24)27-32(29,30)21-11-9-20(10-12-21)31-14-23(28)26-16(2)17-4-6-18(25)7-5-17/h3-13,16,27H,14H2,1-2H3,(H,26,28)/t16-/m1/s1. The number of ether oxygens (including phenoxy) is 1. The first-order valence-electron chi connectivity index (χ1n) is 9.71. The second-order valence-electron chi connectivity index (χ2n) is 7.17. The summed E-state index contributed by atoms with van der Waals surface area (Å²) < 4.78 is 46.1. The molecular weight excluding hydrogens is 455 g/mol. The van der Waals surface area contributed by atoms with Crippen LogP contribution in [0.2, 0.25) is 5.02 Å². The summed E-state index contributed by atoms with van der Waals surface area (Å²) in [6.07, 6.45) is 0. The van der Waals surface area contributed by atoms with Crippen LogP contribution in [0.3, 0.4) is 0 Å². The zero-order valence-corrected chi connectivity index (χ0v) is 19.0. The van der Waals surface area contributed by atoms with Gasteiger partial charge in [-0.05, 0) is 73.5 Å². The van der Waals surface area contributed by atoms with Gasteiger partial charge in [-0.1, -0.05) is 29.8 Å². The molecule has 3 aromatic rings. The number of carbonyl (C=O) groups is 1. The molecule has 0 fully saturated rings. The summed E-state index contributed by atoms with van der Waals surface area (Å²) in [4.78, 5) is 12.2. The number of sulfonamides is 1. The molecule has 0 spiro atoms. The summed E-state index contributed by atoms with van der Waals surface area (Å²) in [5.41, 5.74) is 1.96. The van der Waals surface area contributed by atoms with E-state index in [9.17, 15) is 17.6 Å². The van der Waals surface area contributed by atoms with E-state index in [0.29, 0.717) is 16.5 Å². The predicted octanol–water partition coefficient (Wildman–Crippen LogP) is 4.84. The van der Waals surface area contributed by atoms with E-state index in [2.05, 4.69) is 10.0 Å². The van der Waals surface area contributed by atoms with Gasteiger partial charge in [-0.25, -0.2) is 12.8 Å². The van der Waals surface area contributed by atoms with Gasteiger partial charge in [0.25, 0.3) is 15.9 Å². The van der Waals surface area contributed by atoms with Crippen LogP contribution in [-0.4, -0.2) is 20.9 Å². The Balaban J connectivity index is 1.56. The first-order valence-corrected chi connectivity index (χ1v) is 11.6. The lowest BCUT2D eigenvalue weighted by Gasteiger charge is -2.15. The Kier molecular flexibility index (Phi) is 7.37. The number of anilines is 1. The number of hydrogen-bond acceptors (Lipinski definition) is 4. The highest BCUT2D eigenvalue weighted by Crippen LogP contribution is 2.23. The third kappa shape index (κ3) is 6.21. The predicted molar refractivity (Wildman–Crippen MR) is 122 cm³/mol. The number of aryl methyl sites for hydroxylation is 1. The first kappa shape index (κ1) is 23.6. The van der Waals surface area contributed by atoms with E-state index < -0.39 is 10.0 Å². The lowest BCUT2D eigenvalue weighted by molar-refractivity contribution is -0.123. The minimum Gasteiger partial charge on any atom is -0.484 e. The topological polar surface area (TPSA) is 84.5 Å². The van der Waals surface area contributed by atoms with Crippen molar-refractivity contribution in [2.75, 3.05) is 11.3 Å². The summed E-state index contributed by atoms with van der Waals surface area (Å²) in [5.74, 6) is -0.373. The smallest absolute Gasteiger partial charge is 0.261 e. The largest absolute Gasteiger partial charge is 0.484 e. The minimum atomic E-state index is -3.81. The molecule has 3 aromatic carbocycles. The molecule has 168 valence electrons. The van der Waals surface area contributed by atoms with Gasteiger partial charge in [-0.15, -0.1) is 0 Å². The van der Waals surface area contributed by atoms with Crippen LogP contribution in [-0.2, 0) is 14.8 Å². The normalized spacial score (nSPS) is 12.1. The molecule has 9 heteroatoms. The van der Waals surface area contributed by atoms with Gasteiger partial charge in [-0.3, -0.25) is 9.52 Å². The van der Waals surface area contributed by atoms with Crippen molar-refractivity contribution < 1.29 is 22.3 Å². The van der Waals surface area contributed by atoms with E-state index in [4.69, 9.17) is 16.3 Å². The van der Waals surface area contributed by atoms with Gasteiger partial charge in [0.05, 0.1) is 16.6 Å². The lowest BCUT2D eigenvalue weighted by Crippen LogP contribution is -2.31. The summed E-state index contributed by atoms with van der Waals surface area (Å²) >= 11 is 6.04. The average Bonchev–Trinajstić information content (AvgIpc) is 2.75. The fourth-order valence-corrected chi connectivity index (χ4v) is 4.08. The Bertz CT molecular complexity index is 1200. The number of hydrogen-bond donors (Lipinski definition) is 2. The van der Waals surface area contributed by atoms with E-state index in [1.165, 1.54) is 42.5 Å². The van der Waals surface area contributed by atoms with Crippen molar-refractivity contribution >= 4 is 33.2 Å². The molecule has 0 radical (unpaired) electrons. The number of benzene rings is 3. The third-order valence-electron chi connectivity index (χ3n) is 4.68. The fourth-order valence-electron chi connectivity index (χ4n) is 2.85. The second kappa shape index (κ2) is 10.0. The summed E-state index contributed by atoms with van der Waals surface area (Å²) in [7, 11) is -3.81. The van der Waals surface area contributed by atoms with Gasteiger partial charge in [0.2, 0.25) is 0 Å². The Morgan fingerprint density at radius 3 is 2.34 bits per heavy atom. The van der Waals surface area contributed by atoms with Crippen molar-refractivity contribution in [1.29, 1.82) is 0 Å². The first-order chi connectivity index (χ1) is 15.1. The maximum absolute atomic E-state index is 13.0. The van der Waals surface area contributed by atoms with Crippen LogP contribution in [0.15, 0.2) is 71.6 Å². The summed E-state index contributed by atoms with van der Waals surface area (Å²) in [6.45, 7) is 3.35. The van der Waals surface area contributed by atoms with Crippen LogP contribution in [0, 0.1) is 12.7 Å². The molecule has 0 heterocycles. The Morgan fingerprint density at radius 2 is 1.72 bits per heavy atom. The van der Waals surface area contributed by atoms with Crippen molar-refractivity contribution in [2.24, 2.45) is 0 Å². The number of carbonyl (C=O) groups excluding carboxylic acids is 1. The molecule has 1 atom stereocenters. The molecule has 0 unspecified atom stereocenters. The van der Waals surface area contributed by atoms with Gasteiger partial charge in [0, 0.05) is 5.02 Å². The van der Waals surface area contributed by atoms with Crippen molar-refractivity contribution in [2.45, 2.75) is 24.8 Å². The summed E-state index contributed by atoms with van der Waals surface area (Å²) in [5, 5.41) is 3.21. The molecule has 0 bridgehead atoms. The lowest BCUT2D eigenvalue weighted by atomic mass is 10.1. The van der Waals surface area contributed by atoms with Crippen molar-refractivity contribution in [3.8, 4) is 5.75 Å². The van der Waals surface area contributed by atoms with Crippen LogP contribution in [0.5, 0.6) is 5.75 Å². The quantitative estimate of drug-likeness (QED) is 0.487. The monoisotopic (exact) mass is 476 g/mol. The van der Waals surface area contributed by atoms with Gasteiger partial charge >= 0.3 is 0 Å². The second-order valence-corrected chi connectivity index (χ2v) is 9.26. The van der Waals surface area contributed by atoms with E-state index in [1.807, 2.05) is 6.92 Å². The van der Waals surface area contributed by atoms with Crippen molar-refractivity contribution in [3.05, 3.63) is 88.7 Å². The van der Waals surface area contributed by atoms with Crippen LogP contribution in [0.1, 0.15) is 24.1 Å². The number of amides is 1. The average molecular weight is 477 g/mol. The zero-order valence-electron chi connectivity index (χ0n) is 17.4. The Hall–Kier alpha value is -3.10. The molecule has 6 nitrogen and oxygen atoms in total. The molecule has 0 aromatic heterocycles. The number of rotatable bonds is 8. The van der Waals surface area contributed by atoms with Crippen molar-refractivity contribution in [1.82, 2.24) is 5.32 Å². The molecule has 0 saturated carbocycles. The van der Waals surface area contributed by atoms with E-state index in [-0.39, 0.29) is 29.3 Å². The van der Waals surface area contributed by atoms with E-state index in [1.54, 1.807) is 31.2 Å². The van der Waals surface area contributed by atoms with E-state index in [0.717, 1.165) is 11.1 Å². The van der Waals surface area contributed by atoms with E-state index >= 15 is 0 Å². The highest BCUT2D eigenvalue weighted by Gasteiger charge is 2.15. The maximum atomic E-state index is 13.0. The maximum Gasteiger partial charge on any atom is 0.261 e. The van der Waals surface area contributed by atoms with Crippen LogP contribution >= 0.6 is 11.6 Å². The summed E-state index contributed by atoms with van der Waals surface area (Å²) in [6, 6.07) is 16.1. The molecule has 0 saturated heterocycles. The SMILES string of the molecule is Cc1ccc(NS(=O)(=O)c2ccc(OCC(=O)N[C@H](C)c3ccc(F)cc3)cc2)cc1Cl. The Labute approximate surface area is 191 Å². The van der Waals surface area contributed by atoms with Crippen molar-refractivity contribution in [3.63, 3.8) is 0 Å². The molecule has 3 rings (SSSR count). The van der Waals surface area contributed by atoms with Gasteiger partial charge in [-0.2, -0.15) is 0 Å². The van der Waals surface area contributed by atoms with Gasteiger partial charge in [0.15, 0.2) is 6.61 Å². The molecule has 1 amide bonds. The molecule has 2 N–H and O–H groups in total. The Morgan fingerprint density at radius 1 is 1.06 bits per heavy atom.